The molecule has 4 rings (SSSR count). The van der Waals surface area contributed by atoms with E-state index in [-0.39, 0.29) is 22.7 Å². The topological polar surface area (TPSA) is 76.1 Å². The molecule has 4 aromatic rings. The first-order valence-corrected chi connectivity index (χ1v) is 11.9. The van der Waals surface area contributed by atoms with Crippen LogP contribution in [0.2, 0.25) is 0 Å². The highest BCUT2D eigenvalue weighted by Crippen LogP contribution is 2.55. The Morgan fingerprint density at radius 2 is 0.923 bits per heavy atom. The van der Waals surface area contributed by atoms with E-state index in [1.165, 1.54) is 12.1 Å². The molecule has 204 valence electrons. The maximum Gasteiger partial charge on any atom is 0.457 e. The van der Waals surface area contributed by atoms with Crippen LogP contribution in [0.15, 0.2) is 97.1 Å². The third kappa shape index (κ3) is 5.59. The summed E-state index contributed by atoms with van der Waals surface area (Å²) < 4.78 is 87.1. The van der Waals surface area contributed by atoms with E-state index in [0.29, 0.717) is 13.1 Å². The van der Waals surface area contributed by atoms with Crippen LogP contribution in [0.25, 0.3) is 0 Å². The summed E-state index contributed by atoms with van der Waals surface area (Å²) in [4.78, 5) is 0. The van der Waals surface area contributed by atoms with Gasteiger partial charge < -0.3 is 22.1 Å². The second-order valence-corrected chi connectivity index (χ2v) is 9.01. The van der Waals surface area contributed by atoms with E-state index in [1.54, 1.807) is 0 Å². The molecule has 0 amide bonds. The molecule has 0 atom stereocenters. The highest BCUT2D eigenvalue weighted by Gasteiger charge is 2.72. The number of nitrogen functional groups attached to an aromatic ring is 2. The molecule has 4 aromatic carbocycles. The normalized spacial score (nSPS) is 12.3. The number of anilines is 4. The zero-order chi connectivity index (χ0) is 28.3. The first-order chi connectivity index (χ1) is 18.4. The van der Waals surface area contributed by atoms with E-state index in [9.17, 15) is 22.0 Å². The lowest BCUT2D eigenvalue weighted by atomic mass is 9.81. The Hall–Kier alpha value is -4.34. The SMILES string of the molecule is Nc1cc(C(F)(c2ccc(NCc3ccccc3)c(N)c2)C(F)(F)C(F)(F)F)ccc1NCc1ccccc1. The van der Waals surface area contributed by atoms with Gasteiger partial charge in [0.2, 0.25) is 5.67 Å². The Balaban J connectivity index is 1.69. The van der Waals surface area contributed by atoms with E-state index in [1.807, 2.05) is 60.7 Å². The number of nitrogens with one attached hydrogen (secondary N) is 2. The maximum absolute atomic E-state index is 16.4. The number of nitrogens with two attached hydrogens (primary N) is 2. The molecule has 0 unspecified atom stereocenters. The third-order valence-electron chi connectivity index (χ3n) is 6.34. The lowest BCUT2D eigenvalue weighted by molar-refractivity contribution is -0.323. The summed E-state index contributed by atoms with van der Waals surface area (Å²) in [6, 6.07) is 23.9. The molecule has 0 aliphatic carbocycles. The van der Waals surface area contributed by atoms with Crippen molar-refractivity contribution in [2.24, 2.45) is 0 Å². The van der Waals surface area contributed by atoms with Crippen LogP contribution in [0.4, 0.5) is 49.1 Å². The second-order valence-electron chi connectivity index (χ2n) is 9.01. The molecule has 6 N–H and O–H groups in total. The first-order valence-electron chi connectivity index (χ1n) is 11.9. The van der Waals surface area contributed by atoms with Gasteiger partial charge in [-0.2, -0.15) is 22.0 Å². The number of benzene rings is 4. The fraction of sp³-hybridized carbons (Fsp3) is 0.172. The van der Waals surface area contributed by atoms with Crippen molar-refractivity contribution in [3.05, 3.63) is 119 Å². The highest BCUT2D eigenvalue weighted by atomic mass is 19.4. The summed E-state index contributed by atoms with van der Waals surface area (Å²) in [5.74, 6) is -5.81. The molecular weight excluding hydrogens is 518 g/mol. The Kier molecular flexibility index (Phi) is 7.67. The molecule has 4 nitrogen and oxygen atoms in total. The van der Waals surface area contributed by atoms with Crippen LogP contribution in [0.5, 0.6) is 0 Å². The maximum atomic E-state index is 16.4. The number of hydrogen-bond acceptors (Lipinski definition) is 4. The van der Waals surface area contributed by atoms with Crippen molar-refractivity contribution < 1.29 is 26.3 Å². The second kappa shape index (κ2) is 10.8. The minimum atomic E-state index is -6.21. The fourth-order valence-electron chi connectivity index (χ4n) is 4.19. The Bertz CT molecular complexity index is 1320. The van der Waals surface area contributed by atoms with Crippen molar-refractivity contribution in [3.8, 4) is 0 Å². The van der Waals surface area contributed by atoms with Crippen LogP contribution >= 0.6 is 0 Å². The van der Waals surface area contributed by atoms with Gasteiger partial charge in [-0.1, -0.05) is 72.8 Å². The third-order valence-corrected chi connectivity index (χ3v) is 6.34. The molecule has 0 aromatic heterocycles. The Labute approximate surface area is 221 Å². The molecule has 0 saturated carbocycles. The van der Waals surface area contributed by atoms with Crippen molar-refractivity contribution >= 4 is 22.7 Å². The molecular formula is C29H26F6N4. The predicted octanol–water partition coefficient (Wildman–Crippen LogP) is 7.49. The number of rotatable bonds is 9. The lowest BCUT2D eigenvalue weighted by Gasteiger charge is -2.36. The molecule has 10 heteroatoms. The predicted molar refractivity (Wildman–Crippen MR) is 142 cm³/mol. The zero-order valence-electron chi connectivity index (χ0n) is 20.6. The average Bonchev–Trinajstić information content (AvgIpc) is 2.91. The quantitative estimate of drug-likeness (QED) is 0.130. The van der Waals surface area contributed by atoms with Gasteiger partial charge in [0, 0.05) is 24.2 Å². The van der Waals surface area contributed by atoms with Gasteiger partial charge in [-0.15, -0.1) is 0 Å². The van der Waals surface area contributed by atoms with E-state index in [2.05, 4.69) is 10.6 Å². The van der Waals surface area contributed by atoms with Crippen molar-refractivity contribution in [2.45, 2.75) is 30.9 Å². The minimum Gasteiger partial charge on any atom is -0.397 e. The molecule has 0 radical (unpaired) electrons. The Morgan fingerprint density at radius 1 is 0.538 bits per heavy atom. The minimum absolute atomic E-state index is 0.197. The smallest absolute Gasteiger partial charge is 0.397 e. The molecule has 0 aliphatic rings. The van der Waals surface area contributed by atoms with Crippen LogP contribution in [0, 0.1) is 0 Å². The van der Waals surface area contributed by atoms with Crippen molar-refractivity contribution in [3.63, 3.8) is 0 Å². The molecule has 0 fully saturated rings. The van der Waals surface area contributed by atoms with Gasteiger partial charge in [0.15, 0.2) is 0 Å². The van der Waals surface area contributed by atoms with Crippen LogP contribution < -0.4 is 22.1 Å². The molecule has 0 aliphatic heterocycles. The largest absolute Gasteiger partial charge is 0.457 e. The van der Waals surface area contributed by atoms with Gasteiger partial charge in [0.1, 0.15) is 0 Å². The first kappa shape index (κ1) is 27.7. The molecule has 0 saturated heterocycles. The lowest BCUT2D eigenvalue weighted by Crippen LogP contribution is -2.53. The van der Waals surface area contributed by atoms with Gasteiger partial charge in [-0.05, 0) is 35.4 Å². The van der Waals surface area contributed by atoms with Crippen molar-refractivity contribution in [1.82, 2.24) is 0 Å². The summed E-state index contributed by atoms with van der Waals surface area (Å²) in [5, 5.41) is 5.95. The van der Waals surface area contributed by atoms with Crippen LogP contribution in [-0.2, 0) is 18.8 Å². The molecule has 0 heterocycles. The standard InChI is InChI=1S/C29H26F6N4/c30-27(28(31,32)29(33,34)35,21-11-13-25(23(36)15-21)38-17-19-7-3-1-4-8-19)22-12-14-26(24(37)16-22)39-18-20-9-5-2-6-10-20/h1-16,38-39H,17-18,36-37H2. The number of hydrogen-bond donors (Lipinski definition) is 4. The van der Waals surface area contributed by atoms with Crippen molar-refractivity contribution in [1.29, 1.82) is 0 Å². The fourth-order valence-corrected chi connectivity index (χ4v) is 4.19. The van der Waals surface area contributed by atoms with E-state index in [0.717, 1.165) is 35.4 Å². The molecule has 39 heavy (non-hydrogen) atoms. The van der Waals surface area contributed by atoms with Crippen LogP contribution in [0.1, 0.15) is 22.3 Å². The summed E-state index contributed by atoms with van der Waals surface area (Å²) in [5.41, 5.74) is 7.56. The number of halogens is 6. The van der Waals surface area contributed by atoms with E-state index in [4.69, 9.17) is 11.5 Å². The summed E-state index contributed by atoms with van der Waals surface area (Å²) in [6.45, 7) is 0.607. The molecule has 0 spiro atoms. The van der Waals surface area contributed by atoms with Gasteiger partial charge in [0.05, 0.1) is 22.7 Å². The Morgan fingerprint density at radius 3 is 1.26 bits per heavy atom. The zero-order valence-corrected chi connectivity index (χ0v) is 20.6. The summed E-state index contributed by atoms with van der Waals surface area (Å²) in [6.07, 6.45) is -6.21. The summed E-state index contributed by atoms with van der Waals surface area (Å²) >= 11 is 0. The van der Waals surface area contributed by atoms with Gasteiger partial charge >= 0.3 is 12.1 Å². The average molecular weight is 545 g/mol. The molecule has 0 bridgehead atoms. The van der Waals surface area contributed by atoms with Crippen molar-refractivity contribution in [2.75, 3.05) is 22.1 Å². The van der Waals surface area contributed by atoms with Gasteiger partial charge in [-0.25, -0.2) is 4.39 Å². The van der Waals surface area contributed by atoms with E-state index >= 15 is 4.39 Å². The van der Waals surface area contributed by atoms with E-state index < -0.39 is 28.9 Å². The number of alkyl halides is 6. The highest BCUT2D eigenvalue weighted by molar-refractivity contribution is 5.70. The summed E-state index contributed by atoms with van der Waals surface area (Å²) in [7, 11) is 0. The van der Waals surface area contributed by atoms with Crippen LogP contribution in [-0.4, -0.2) is 12.1 Å². The van der Waals surface area contributed by atoms with Crippen LogP contribution in [0.3, 0.4) is 0 Å². The monoisotopic (exact) mass is 544 g/mol. The van der Waals surface area contributed by atoms with Gasteiger partial charge in [-0.3, -0.25) is 0 Å². The van der Waals surface area contributed by atoms with Gasteiger partial charge in [0.25, 0.3) is 0 Å².